The molecule has 2 heterocycles. The highest BCUT2D eigenvalue weighted by atomic mass is 16.8. The standard InChI is InChI=1S/C22H32O16/c1-8(24)31-7-14-16(18(33-10(3)26)19(21(30)36-14)34-11(4)27)38-22-20(35-12(5)28)17(32-9(2)25)15(29)13(6-23)37-22/h13-23,29-30H,6-7H2,1-5H3/t13-,14-,15+,16-,17+,18+,19-,20-,21+,22+/m1/s1. The highest BCUT2D eigenvalue weighted by Crippen LogP contribution is 2.33. The minimum absolute atomic E-state index is 0.550. The lowest BCUT2D eigenvalue weighted by Crippen LogP contribution is -2.66. The zero-order chi connectivity index (χ0) is 28.7. The molecule has 0 radical (unpaired) electrons. The lowest BCUT2D eigenvalue weighted by molar-refractivity contribution is -0.356. The molecule has 0 spiro atoms. The molecule has 2 aliphatic rings. The molecular formula is C22H32O16. The van der Waals surface area contributed by atoms with Gasteiger partial charge in [0.2, 0.25) is 0 Å². The summed E-state index contributed by atoms with van der Waals surface area (Å²) in [6.45, 7) is 3.86. The first-order chi connectivity index (χ1) is 17.7. The molecule has 0 saturated carbocycles. The summed E-state index contributed by atoms with van der Waals surface area (Å²) in [6, 6.07) is 0. The molecule has 2 aliphatic heterocycles. The van der Waals surface area contributed by atoms with Gasteiger partial charge in [-0.2, -0.15) is 0 Å². The molecule has 10 atom stereocenters. The molecule has 38 heavy (non-hydrogen) atoms. The quantitative estimate of drug-likeness (QED) is 0.198. The number of aliphatic hydroxyl groups excluding tert-OH is 3. The molecule has 0 amide bonds. The number of carbonyl (C=O) groups is 5. The van der Waals surface area contributed by atoms with Gasteiger partial charge in [-0.15, -0.1) is 0 Å². The highest BCUT2D eigenvalue weighted by Gasteiger charge is 2.55. The smallest absolute Gasteiger partial charge is 0.303 e. The van der Waals surface area contributed by atoms with Crippen LogP contribution < -0.4 is 0 Å². The van der Waals surface area contributed by atoms with Gasteiger partial charge in [-0.1, -0.05) is 0 Å². The first kappa shape index (κ1) is 31.3. The SMILES string of the molecule is CC(=O)OC[C@H]1O[C@H](O)[C@H](OC(C)=O)[C@@H](OC(C)=O)[C@@H]1O[C@@H]1O[C@H](CO)[C@H](O)[C@H](OC(C)=O)[C@H]1OC(C)=O. The van der Waals surface area contributed by atoms with Crippen molar-refractivity contribution in [3.05, 3.63) is 0 Å². The molecule has 2 rings (SSSR count). The molecule has 16 nitrogen and oxygen atoms in total. The summed E-state index contributed by atoms with van der Waals surface area (Å²) in [7, 11) is 0. The predicted molar refractivity (Wildman–Crippen MR) is 116 cm³/mol. The highest BCUT2D eigenvalue weighted by molar-refractivity contribution is 5.68. The van der Waals surface area contributed by atoms with E-state index in [1.165, 1.54) is 0 Å². The molecular weight excluding hydrogens is 520 g/mol. The van der Waals surface area contributed by atoms with E-state index in [1.54, 1.807) is 0 Å². The summed E-state index contributed by atoms with van der Waals surface area (Å²) in [6.07, 6.45) is -16.0. The van der Waals surface area contributed by atoms with Gasteiger partial charge in [-0.3, -0.25) is 24.0 Å². The van der Waals surface area contributed by atoms with Crippen LogP contribution in [0, 0.1) is 0 Å². The Morgan fingerprint density at radius 2 is 1.13 bits per heavy atom. The van der Waals surface area contributed by atoms with E-state index in [1.807, 2.05) is 0 Å². The van der Waals surface area contributed by atoms with E-state index in [0.29, 0.717) is 0 Å². The van der Waals surface area contributed by atoms with Crippen LogP contribution in [0.15, 0.2) is 0 Å². The lowest BCUT2D eigenvalue weighted by atomic mass is 9.96. The summed E-state index contributed by atoms with van der Waals surface area (Å²) in [5.74, 6) is -4.26. The van der Waals surface area contributed by atoms with Gasteiger partial charge in [-0.05, 0) is 0 Å². The van der Waals surface area contributed by atoms with E-state index in [4.69, 9.17) is 37.9 Å². The summed E-state index contributed by atoms with van der Waals surface area (Å²) >= 11 is 0. The molecule has 0 aromatic rings. The van der Waals surface area contributed by atoms with E-state index in [-0.39, 0.29) is 0 Å². The van der Waals surface area contributed by atoms with Gasteiger partial charge in [0.25, 0.3) is 0 Å². The number of esters is 5. The van der Waals surface area contributed by atoms with Crippen molar-refractivity contribution >= 4 is 29.8 Å². The summed E-state index contributed by atoms with van der Waals surface area (Å²) in [5.41, 5.74) is 0. The first-order valence-electron chi connectivity index (χ1n) is 11.5. The van der Waals surface area contributed by atoms with Gasteiger partial charge in [-0.25, -0.2) is 0 Å². The molecule has 216 valence electrons. The molecule has 0 unspecified atom stereocenters. The van der Waals surface area contributed by atoms with Gasteiger partial charge < -0.3 is 53.2 Å². The Bertz CT molecular complexity index is 875. The van der Waals surface area contributed by atoms with Gasteiger partial charge in [0.05, 0.1) is 6.61 Å². The first-order valence-corrected chi connectivity index (χ1v) is 11.5. The third kappa shape index (κ3) is 8.31. The molecule has 16 heteroatoms. The molecule has 2 saturated heterocycles. The van der Waals surface area contributed by atoms with E-state index < -0.39 is 104 Å². The van der Waals surface area contributed by atoms with Gasteiger partial charge in [0, 0.05) is 34.6 Å². The van der Waals surface area contributed by atoms with E-state index >= 15 is 0 Å². The average molecular weight is 552 g/mol. The maximum atomic E-state index is 11.9. The monoisotopic (exact) mass is 552 g/mol. The van der Waals surface area contributed by atoms with Crippen molar-refractivity contribution in [3.8, 4) is 0 Å². The third-order valence-electron chi connectivity index (χ3n) is 5.36. The van der Waals surface area contributed by atoms with Crippen LogP contribution in [0.5, 0.6) is 0 Å². The lowest BCUT2D eigenvalue weighted by Gasteiger charge is -2.47. The summed E-state index contributed by atoms with van der Waals surface area (Å²) in [5, 5.41) is 30.8. The Morgan fingerprint density at radius 1 is 0.632 bits per heavy atom. The van der Waals surface area contributed by atoms with Crippen LogP contribution in [-0.4, -0.2) is 120 Å². The Kier molecular flexibility index (Phi) is 11.4. The normalized spacial score (nSPS) is 34.9. The fourth-order valence-corrected chi connectivity index (χ4v) is 3.99. The third-order valence-corrected chi connectivity index (χ3v) is 5.36. The van der Waals surface area contributed by atoms with E-state index in [9.17, 15) is 39.3 Å². The van der Waals surface area contributed by atoms with Crippen LogP contribution in [-0.2, 0) is 61.9 Å². The van der Waals surface area contributed by atoms with Crippen molar-refractivity contribution in [2.45, 2.75) is 96.0 Å². The number of rotatable bonds is 9. The minimum atomic E-state index is -1.86. The minimum Gasteiger partial charge on any atom is -0.463 e. The van der Waals surface area contributed by atoms with E-state index in [2.05, 4.69) is 0 Å². The van der Waals surface area contributed by atoms with Gasteiger partial charge in [0.15, 0.2) is 37.0 Å². The number of ether oxygens (including phenoxy) is 8. The fraction of sp³-hybridized carbons (Fsp3) is 0.773. The molecule has 2 fully saturated rings. The van der Waals surface area contributed by atoms with Crippen LogP contribution >= 0.6 is 0 Å². The summed E-state index contributed by atoms with van der Waals surface area (Å²) in [4.78, 5) is 58.7. The average Bonchev–Trinajstić information content (AvgIpc) is 2.79. The molecule has 0 aromatic carbocycles. The summed E-state index contributed by atoms with van der Waals surface area (Å²) < 4.78 is 42.6. The van der Waals surface area contributed by atoms with Crippen molar-refractivity contribution in [3.63, 3.8) is 0 Å². The number of hydrogen-bond donors (Lipinski definition) is 3. The van der Waals surface area contributed by atoms with Crippen LogP contribution in [0.4, 0.5) is 0 Å². The Morgan fingerprint density at radius 3 is 1.63 bits per heavy atom. The van der Waals surface area contributed by atoms with Crippen molar-refractivity contribution in [1.29, 1.82) is 0 Å². The Balaban J connectivity index is 2.54. The second-order valence-corrected chi connectivity index (χ2v) is 8.48. The molecule has 0 aromatic heterocycles. The maximum absolute atomic E-state index is 11.9. The van der Waals surface area contributed by atoms with Crippen LogP contribution in [0.25, 0.3) is 0 Å². The molecule has 3 N–H and O–H groups in total. The zero-order valence-electron chi connectivity index (χ0n) is 21.3. The van der Waals surface area contributed by atoms with E-state index in [0.717, 1.165) is 34.6 Å². The molecule has 0 aliphatic carbocycles. The topological polar surface area (TPSA) is 220 Å². The van der Waals surface area contributed by atoms with Crippen LogP contribution in [0.3, 0.4) is 0 Å². The van der Waals surface area contributed by atoms with Crippen molar-refractivity contribution < 1.29 is 77.2 Å². The maximum Gasteiger partial charge on any atom is 0.303 e. The number of aliphatic hydroxyl groups is 3. The second kappa shape index (κ2) is 13.8. The van der Waals surface area contributed by atoms with Gasteiger partial charge >= 0.3 is 29.8 Å². The van der Waals surface area contributed by atoms with Crippen molar-refractivity contribution in [1.82, 2.24) is 0 Å². The predicted octanol–water partition coefficient (Wildman–Crippen LogP) is -2.54. The van der Waals surface area contributed by atoms with Crippen molar-refractivity contribution in [2.24, 2.45) is 0 Å². The number of hydrogen-bond acceptors (Lipinski definition) is 16. The van der Waals surface area contributed by atoms with Crippen LogP contribution in [0.2, 0.25) is 0 Å². The van der Waals surface area contributed by atoms with Crippen molar-refractivity contribution in [2.75, 3.05) is 13.2 Å². The zero-order valence-corrected chi connectivity index (χ0v) is 21.3. The Labute approximate surface area is 216 Å². The Hall–Kier alpha value is -2.89. The fourth-order valence-electron chi connectivity index (χ4n) is 3.99. The number of carbonyl (C=O) groups excluding carboxylic acids is 5. The largest absolute Gasteiger partial charge is 0.463 e. The second-order valence-electron chi connectivity index (χ2n) is 8.48. The molecule has 0 bridgehead atoms. The van der Waals surface area contributed by atoms with Gasteiger partial charge in [0.1, 0.15) is 31.0 Å². The van der Waals surface area contributed by atoms with Crippen LogP contribution in [0.1, 0.15) is 34.6 Å².